The standard InChI is InChI=1S/C18H17N.C5H8O2.Ir/c1-12-4-5-17-15(9-12)6-7-19-18(17)16-10-13(2)8-14(3)11-16;1-4(6)3-5(2)7;/h4-10,18H,1-3H3;3,6H,1-2H3;/q-2;;/b;4-3-;. The summed E-state index contributed by atoms with van der Waals surface area (Å²) >= 11 is 0. The van der Waals surface area contributed by atoms with Gasteiger partial charge in [-0.2, -0.15) is 41.1 Å². The molecule has 1 radical (unpaired) electrons. The maximum Gasteiger partial charge on any atom is 0.155 e. The second kappa shape index (κ2) is 10.2. The molecule has 1 atom stereocenters. The van der Waals surface area contributed by atoms with E-state index in [1.807, 2.05) is 6.20 Å². The van der Waals surface area contributed by atoms with Crippen molar-refractivity contribution in [2.75, 3.05) is 0 Å². The largest absolute Gasteiger partial charge is 0.682 e. The molecule has 3 rings (SSSR count). The molecule has 0 spiro atoms. The van der Waals surface area contributed by atoms with E-state index in [-0.39, 0.29) is 37.7 Å². The SMILES string of the molecule is CC(=O)/C=C(/C)O.Cc1[c-]c(C2[N-]C=Cc3cc(C)ccc32)cc(C)c1.[Ir]. The van der Waals surface area contributed by atoms with Gasteiger partial charge in [0, 0.05) is 26.2 Å². The first kappa shape index (κ1) is 22.9. The molecular formula is C23H25IrNO2-2. The zero-order chi connectivity index (χ0) is 19.3. The number of hydrogen-bond acceptors (Lipinski definition) is 2. The van der Waals surface area contributed by atoms with Crippen LogP contribution in [0.2, 0.25) is 0 Å². The van der Waals surface area contributed by atoms with Crippen LogP contribution in [-0.2, 0) is 24.9 Å². The molecule has 0 amide bonds. The van der Waals surface area contributed by atoms with Crippen LogP contribution in [0.5, 0.6) is 0 Å². The molecule has 0 saturated heterocycles. The summed E-state index contributed by atoms with van der Waals surface area (Å²) in [5.41, 5.74) is 7.43. The number of hydrogen-bond donors (Lipinski definition) is 1. The number of aliphatic hydroxyl groups is 1. The number of nitrogens with zero attached hydrogens (tertiary/aromatic N) is 1. The first-order chi connectivity index (χ1) is 12.3. The number of aryl methyl sites for hydroxylation is 3. The van der Waals surface area contributed by atoms with Crippen LogP contribution < -0.4 is 0 Å². The fourth-order valence-electron chi connectivity index (χ4n) is 2.99. The Bertz CT molecular complexity index is 844. The Kier molecular flexibility index (Phi) is 8.68. The van der Waals surface area contributed by atoms with Gasteiger partial charge in [0.2, 0.25) is 0 Å². The Morgan fingerprint density at radius 1 is 1.11 bits per heavy atom. The van der Waals surface area contributed by atoms with Gasteiger partial charge < -0.3 is 10.4 Å². The summed E-state index contributed by atoms with van der Waals surface area (Å²) in [5.74, 6) is -0.0625. The van der Waals surface area contributed by atoms with Gasteiger partial charge in [-0.25, -0.2) is 0 Å². The van der Waals surface area contributed by atoms with Crippen molar-refractivity contribution in [3.63, 3.8) is 0 Å². The van der Waals surface area contributed by atoms with Crippen molar-refractivity contribution in [1.82, 2.24) is 0 Å². The Morgan fingerprint density at radius 2 is 1.81 bits per heavy atom. The van der Waals surface area contributed by atoms with E-state index in [2.05, 4.69) is 68.6 Å². The van der Waals surface area contributed by atoms with Crippen molar-refractivity contribution in [3.05, 3.63) is 93.1 Å². The zero-order valence-corrected chi connectivity index (χ0v) is 18.7. The molecule has 0 saturated carbocycles. The normalized spacial score (nSPS) is 14.9. The van der Waals surface area contributed by atoms with Crippen molar-refractivity contribution in [2.45, 2.75) is 40.7 Å². The number of aliphatic hydroxyl groups excluding tert-OH is 1. The van der Waals surface area contributed by atoms with Crippen LogP contribution in [0.1, 0.15) is 53.3 Å². The van der Waals surface area contributed by atoms with Gasteiger partial charge in [-0.15, -0.1) is 0 Å². The van der Waals surface area contributed by atoms with Gasteiger partial charge in [0.15, 0.2) is 5.78 Å². The van der Waals surface area contributed by atoms with Gasteiger partial charge in [-0.3, -0.25) is 4.79 Å². The monoisotopic (exact) mass is 540 g/mol. The molecule has 4 heteroatoms. The topological polar surface area (TPSA) is 51.4 Å². The molecule has 1 heterocycles. The quantitative estimate of drug-likeness (QED) is 0.294. The van der Waals surface area contributed by atoms with E-state index in [1.54, 1.807) is 0 Å². The molecule has 1 N–H and O–H groups in total. The Hall–Kier alpha value is -2.16. The van der Waals surface area contributed by atoms with Gasteiger partial charge in [0.05, 0.1) is 5.76 Å². The maximum atomic E-state index is 10.0. The first-order valence-electron chi connectivity index (χ1n) is 8.61. The summed E-state index contributed by atoms with van der Waals surface area (Å²) in [4.78, 5) is 10.0. The minimum Gasteiger partial charge on any atom is -0.682 e. The Balaban J connectivity index is 0.000000395. The molecule has 0 aliphatic carbocycles. The van der Waals surface area contributed by atoms with E-state index in [0.29, 0.717) is 0 Å². The van der Waals surface area contributed by atoms with Crippen LogP contribution in [0.3, 0.4) is 0 Å². The molecule has 0 fully saturated rings. The summed E-state index contributed by atoms with van der Waals surface area (Å²) in [7, 11) is 0. The molecule has 1 aliphatic heterocycles. The van der Waals surface area contributed by atoms with Gasteiger partial charge in [0.25, 0.3) is 0 Å². The van der Waals surface area contributed by atoms with Crippen molar-refractivity contribution in [2.24, 2.45) is 0 Å². The van der Waals surface area contributed by atoms with Gasteiger partial charge in [-0.1, -0.05) is 55.3 Å². The predicted octanol–water partition coefficient (Wildman–Crippen LogP) is 5.89. The molecule has 1 unspecified atom stereocenters. The zero-order valence-electron chi connectivity index (χ0n) is 16.3. The summed E-state index contributed by atoms with van der Waals surface area (Å²) in [5, 5.41) is 13.0. The maximum absolute atomic E-state index is 10.0. The first-order valence-corrected chi connectivity index (χ1v) is 8.61. The van der Waals surface area contributed by atoms with Gasteiger partial charge >= 0.3 is 0 Å². The minimum absolute atomic E-state index is 0. The number of carbonyl (C=O) groups excluding carboxylic acids is 1. The van der Waals surface area contributed by atoms with Crippen LogP contribution in [0.4, 0.5) is 0 Å². The second-order valence-corrected chi connectivity index (χ2v) is 6.69. The average molecular weight is 540 g/mol. The molecule has 0 aromatic heterocycles. The van der Waals surface area contributed by atoms with E-state index in [9.17, 15) is 4.79 Å². The number of benzene rings is 2. The summed E-state index contributed by atoms with van der Waals surface area (Å²) < 4.78 is 0. The predicted molar refractivity (Wildman–Crippen MR) is 107 cm³/mol. The number of allylic oxidation sites excluding steroid dienone is 2. The summed E-state index contributed by atoms with van der Waals surface area (Å²) in [6, 6.07) is 14.4. The van der Waals surface area contributed by atoms with Crippen LogP contribution in [-0.4, -0.2) is 10.9 Å². The summed E-state index contributed by atoms with van der Waals surface area (Å²) in [6.07, 6.45) is 5.17. The van der Waals surface area contributed by atoms with Crippen molar-refractivity contribution in [1.29, 1.82) is 0 Å². The molecule has 2 aromatic rings. The van der Waals surface area contributed by atoms with Gasteiger partial charge in [-0.05, 0) is 26.3 Å². The molecule has 145 valence electrons. The molecule has 27 heavy (non-hydrogen) atoms. The van der Waals surface area contributed by atoms with E-state index in [0.717, 1.165) is 5.56 Å². The number of ketones is 1. The second-order valence-electron chi connectivity index (χ2n) is 6.69. The number of rotatable bonds is 2. The van der Waals surface area contributed by atoms with Crippen LogP contribution >= 0.6 is 0 Å². The molecule has 3 nitrogen and oxygen atoms in total. The third-order valence-electron chi connectivity index (χ3n) is 3.90. The fraction of sp³-hybridized carbons (Fsp3) is 0.261. The van der Waals surface area contributed by atoms with Crippen LogP contribution in [0, 0.1) is 26.8 Å². The van der Waals surface area contributed by atoms with Crippen molar-refractivity contribution < 1.29 is 30.0 Å². The van der Waals surface area contributed by atoms with E-state index >= 15 is 0 Å². The third-order valence-corrected chi connectivity index (χ3v) is 3.90. The third kappa shape index (κ3) is 6.82. The molecule has 1 aliphatic rings. The Morgan fingerprint density at radius 3 is 2.37 bits per heavy atom. The Labute approximate surface area is 175 Å². The molecule has 2 aromatic carbocycles. The smallest absolute Gasteiger partial charge is 0.155 e. The van der Waals surface area contributed by atoms with Crippen LogP contribution in [0.15, 0.2) is 48.4 Å². The van der Waals surface area contributed by atoms with Crippen molar-refractivity contribution >= 4 is 11.9 Å². The fourth-order valence-corrected chi connectivity index (χ4v) is 2.99. The van der Waals surface area contributed by atoms with Gasteiger partial charge in [0.1, 0.15) is 0 Å². The average Bonchev–Trinajstić information content (AvgIpc) is 2.52. The number of carbonyl (C=O) groups is 1. The molecule has 0 bridgehead atoms. The van der Waals surface area contributed by atoms with Crippen LogP contribution in [0.25, 0.3) is 11.4 Å². The van der Waals surface area contributed by atoms with Crippen molar-refractivity contribution in [3.8, 4) is 0 Å². The van der Waals surface area contributed by atoms with E-state index < -0.39 is 0 Å². The number of fused-ring (bicyclic) bond motifs is 1. The molecular weight excluding hydrogens is 514 g/mol. The van der Waals surface area contributed by atoms with E-state index in [1.165, 1.54) is 47.7 Å². The minimum atomic E-state index is -0.125. The summed E-state index contributed by atoms with van der Waals surface area (Å²) in [6.45, 7) is 9.18. The van der Waals surface area contributed by atoms with E-state index in [4.69, 9.17) is 5.11 Å².